The van der Waals surface area contributed by atoms with E-state index in [2.05, 4.69) is 31.0 Å². The van der Waals surface area contributed by atoms with Gasteiger partial charge < -0.3 is 10.2 Å². The Bertz CT molecular complexity index is 760. The Hall–Kier alpha value is -1.56. The van der Waals surface area contributed by atoms with E-state index in [1.54, 1.807) is 0 Å². The van der Waals surface area contributed by atoms with E-state index in [0.717, 1.165) is 52.6 Å². The molecule has 0 atom stereocenters. The van der Waals surface area contributed by atoms with E-state index in [4.69, 9.17) is 11.6 Å². The van der Waals surface area contributed by atoms with Gasteiger partial charge in [-0.15, -0.1) is 0 Å². The molecule has 0 unspecified atom stereocenters. The molecule has 132 valence electrons. The first kappa shape index (κ1) is 18.2. The van der Waals surface area contributed by atoms with E-state index in [1.165, 1.54) is 0 Å². The number of piperazine rings is 1. The summed E-state index contributed by atoms with van der Waals surface area (Å²) >= 11 is 9.76. The number of carbonyl (C=O) groups excluding carboxylic acids is 1. The maximum atomic E-state index is 12.3. The van der Waals surface area contributed by atoms with Gasteiger partial charge in [-0.2, -0.15) is 0 Å². The average Bonchev–Trinajstić information content (AvgIpc) is 2.59. The zero-order valence-corrected chi connectivity index (χ0v) is 16.5. The number of aryl methyl sites for hydroxylation is 1. The zero-order valence-electron chi connectivity index (χ0n) is 14.1. The quantitative estimate of drug-likeness (QED) is 0.803. The summed E-state index contributed by atoms with van der Waals surface area (Å²) in [7, 11) is 0. The van der Waals surface area contributed by atoms with Crippen LogP contribution in [-0.2, 0) is 4.79 Å². The van der Waals surface area contributed by atoms with E-state index < -0.39 is 0 Å². The van der Waals surface area contributed by atoms with Crippen LogP contribution in [0.25, 0.3) is 0 Å². The summed E-state index contributed by atoms with van der Waals surface area (Å²) in [6.07, 6.45) is 0. The van der Waals surface area contributed by atoms with Crippen molar-refractivity contribution in [1.29, 1.82) is 0 Å². The predicted molar refractivity (Wildman–Crippen MR) is 108 cm³/mol. The molecule has 0 saturated carbocycles. The number of halogens is 2. The van der Waals surface area contributed by atoms with Crippen molar-refractivity contribution in [2.75, 3.05) is 42.9 Å². The van der Waals surface area contributed by atoms with Crippen LogP contribution in [0.4, 0.5) is 11.4 Å². The number of anilines is 2. The van der Waals surface area contributed by atoms with Crippen LogP contribution in [0.5, 0.6) is 0 Å². The van der Waals surface area contributed by atoms with E-state index in [9.17, 15) is 4.79 Å². The monoisotopic (exact) mass is 421 g/mol. The molecule has 2 aromatic carbocycles. The maximum absolute atomic E-state index is 12.3. The molecule has 2 aromatic rings. The SMILES string of the molecule is Cc1ccc(NC(=O)CN2CCN(c3ccccc3Cl)CC2)c(Br)c1. The molecule has 3 rings (SSSR count). The fourth-order valence-electron chi connectivity index (χ4n) is 2.97. The molecule has 1 heterocycles. The lowest BCUT2D eigenvalue weighted by molar-refractivity contribution is -0.117. The number of para-hydroxylation sites is 1. The Morgan fingerprint density at radius 3 is 2.56 bits per heavy atom. The highest BCUT2D eigenvalue weighted by atomic mass is 79.9. The van der Waals surface area contributed by atoms with Gasteiger partial charge in [0.1, 0.15) is 0 Å². The van der Waals surface area contributed by atoms with E-state index in [0.29, 0.717) is 6.54 Å². The van der Waals surface area contributed by atoms with Crippen molar-refractivity contribution in [2.45, 2.75) is 6.92 Å². The number of hydrogen-bond acceptors (Lipinski definition) is 3. The second-order valence-electron chi connectivity index (χ2n) is 6.25. The Morgan fingerprint density at radius 2 is 1.88 bits per heavy atom. The van der Waals surface area contributed by atoms with Crippen molar-refractivity contribution >= 4 is 44.8 Å². The third-order valence-corrected chi connectivity index (χ3v) is 5.31. The first-order chi connectivity index (χ1) is 12.0. The second-order valence-corrected chi connectivity index (χ2v) is 7.51. The standard InChI is InChI=1S/C19H21BrClN3O/c1-14-6-7-17(15(20)12-14)22-19(25)13-23-8-10-24(11-9-23)18-5-3-2-4-16(18)21/h2-7,12H,8-11,13H2,1H3,(H,22,25). The van der Waals surface area contributed by atoms with Crippen molar-refractivity contribution in [2.24, 2.45) is 0 Å². The minimum Gasteiger partial charge on any atom is -0.368 e. The molecule has 0 radical (unpaired) electrons. The molecule has 25 heavy (non-hydrogen) atoms. The zero-order chi connectivity index (χ0) is 17.8. The van der Waals surface area contributed by atoms with Crippen LogP contribution >= 0.6 is 27.5 Å². The third kappa shape index (κ3) is 4.75. The molecule has 0 aliphatic carbocycles. The van der Waals surface area contributed by atoms with Gasteiger partial charge in [0.25, 0.3) is 0 Å². The average molecular weight is 423 g/mol. The van der Waals surface area contributed by atoms with Crippen LogP contribution in [-0.4, -0.2) is 43.5 Å². The van der Waals surface area contributed by atoms with Crippen molar-refractivity contribution in [3.05, 3.63) is 57.5 Å². The predicted octanol–water partition coefficient (Wildman–Crippen LogP) is 4.17. The highest BCUT2D eigenvalue weighted by molar-refractivity contribution is 9.10. The van der Waals surface area contributed by atoms with Crippen molar-refractivity contribution in [3.63, 3.8) is 0 Å². The molecule has 6 heteroatoms. The first-order valence-corrected chi connectivity index (χ1v) is 9.48. The van der Waals surface area contributed by atoms with Crippen molar-refractivity contribution in [1.82, 2.24) is 4.90 Å². The molecule has 0 bridgehead atoms. The Balaban J connectivity index is 1.52. The van der Waals surface area contributed by atoms with Crippen molar-refractivity contribution < 1.29 is 4.79 Å². The normalized spacial score (nSPS) is 15.2. The Kier molecular flexibility index (Phi) is 5.99. The molecular weight excluding hydrogens is 402 g/mol. The number of nitrogens with zero attached hydrogens (tertiary/aromatic N) is 2. The lowest BCUT2D eigenvalue weighted by Gasteiger charge is -2.36. The number of benzene rings is 2. The molecule has 0 spiro atoms. The van der Waals surface area contributed by atoms with E-state index in [-0.39, 0.29) is 5.91 Å². The van der Waals surface area contributed by atoms with Gasteiger partial charge in [0, 0.05) is 30.7 Å². The van der Waals surface area contributed by atoms with Gasteiger partial charge in [0.05, 0.1) is 22.9 Å². The minimum absolute atomic E-state index is 0.00995. The summed E-state index contributed by atoms with van der Waals surface area (Å²) in [5, 5.41) is 3.75. The summed E-state index contributed by atoms with van der Waals surface area (Å²) in [5.74, 6) is 0.00995. The lowest BCUT2D eigenvalue weighted by atomic mass is 10.2. The minimum atomic E-state index is 0.00995. The summed E-state index contributed by atoms with van der Waals surface area (Å²) in [5.41, 5.74) is 3.03. The van der Waals surface area contributed by atoms with Crippen molar-refractivity contribution in [3.8, 4) is 0 Å². The number of rotatable bonds is 4. The van der Waals surface area contributed by atoms with Gasteiger partial charge in [0.15, 0.2) is 0 Å². The second kappa shape index (κ2) is 8.21. The number of carbonyl (C=O) groups is 1. The smallest absolute Gasteiger partial charge is 0.238 e. The summed E-state index contributed by atoms with van der Waals surface area (Å²) in [4.78, 5) is 16.8. The Labute approximate surface area is 161 Å². The van der Waals surface area contributed by atoms with Crippen LogP contribution in [0.3, 0.4) is 0 Å². The van der Waals surface area contributed by atoms with E-state index in [1.807, 2.05) is 49.4 Å². The van der Waals surface area contributed by atoms with Crippen LogP contribution in [0.1, 0.15) is 5.56 Å². The first-order valence-electron chi connectivity index (χ1n) is 8.31. The summed E-state index contributed by atoms with van der Waals surface area (Å²) in [6, 6.07) is 13.8. The fraction of sp³-hybridized carbons (Fsp3) is 0.316. The van der Waals surface area contributed by atoms with Gasteiger partial charge in [-0.3, -0.25) is 9.69 Å². The molecule has 1 saturated heterocycles. The van der Waals surface area contributed by atoms with Gasteiger partial charge in [-0.25, -0.2) is 0 Å². The molecule has 0 aromatic heterocycles. The third-order valence-electron chi connectivity index (χ3n) is 4.33. The largest absolute Gasteiger partial charge is 0.368 e. The maximum Gasteiger partial charge on any atom is 0.238 e. The highest BCUT2D eigenvalue weighted by Gasteiger charge is 2.20. The molecular formula is C19H21BrClN3O. The van der Waals surface area contributed by atoms with Crippen LogP contribution in [0.2, 0.25) is 5.02 Å². The lowest BCUT2D eigenvalue weighted by Crippen LogP contribution is -2.48. The molecule has 1 aliphatic heterocycles. The van der Waals surface area contributed by atoms with E-state index >= 15 is 0 Å². The van der Waals surface area contributed by atoms with Gasteiger partial charge in [-0.1, -0.05) is 29.8 Å². The van der Waals surface area contributed by atoms with Crippen LogP contribution in [0.15, 0.2) is 46.9 Å². The van der Waals surface area contributed by atoms with Gasteiger partial charge >= 0.3 is 0 Å². The fourth-order valence-corrected chi connectivity index (χ4v) is 3.82. The summed E-state index contributed by atoms with van der Waals surface area (Å²) in [6.45, 7) is 5.84. The molecule has 4 nitrogen and oxygen atoms in total. The number of hydrogen-bond donors (Lipinski definition) is 1. The van der Waals surface area contributed by atoms with Crippen LogP contribution < -0.4 is 10.2 Å². The highest BCUT2D eigenvalue weighted by Crippen LogP contribution is 2.26. The number of nitrogens with one attached hydrogen (secondary N) is 1. The molecule has 1 N–H and O–H groups in total. The number of amides is 1. The molecule has 1 fully saturated rings. The molecule has 1 amide bonds. The van der Waals surface area contributed by atoms with Gasteiger partial charge in [0.2, 0.25) is 5.91 Å². The Morgan fingerprint density at radius 1 is 1.16 bits per heavy atom. The summed E-state index contributed by atoms with van der Waals surface area (Å²) < 4.78 is 0.907. The van der Waals surface area contributed by atoms with Crippen LogP contribution in [0, 0.1) is 6.92 Å². The topological polar surface area (TPSA) is 35.6 Å². The van der Waals surface area contributed by atoms with Gasteiger partial charge in [-0.05, 0) is 52.7 Å². The molecule has 1 aliphatic rings.